The minimum absolute atomic E-state index is 0.0560. The molecule has 8 heteroatoms. The molecule has 2 amide bonds. The summed E-state index contributed by atoms with van der Waals surface area (Å²) in [6, 6.07) is 5.41. The van der Waals surface area contributed by atoms with Gasteiger partial charge in [-0.1, -0.05) is 17.7 Å². The van der Waals surface area contributed by atoms with Crippen molar-refractivity contribution in [2.24, 2.45) is 0 Å². The second-order valence-electron chi connectivity index (χ2n) is 6.45. The number of carbonyl (C=O) groups excluding carboxylic acids is 1. The number of urea groups is 1. The van der Waals surface area contributed by atoms with E-state index >= 15 is 0 Å². The van der Waals surface area contributed by atoms with Crippen LogP contribution in [0.4, 0.5) is 10.5 Å². The van der Waals surface area contributed by atoms with Gasteiger partial charge < -0.3 is 15.1 Å². The Labute approximate surface area is 147 Å². The van der Waals surface area contributed by atoms with Gasteiger partial charge in [-0.2, -0.15) is 0 Å². The highest BCUT2D eigenvalue weighted by Crippen LogP contribution is 2.25. The summed E-state index contributed by atoms with van der Waals surface area (Å²) >= 11 is 6.08. The number of amides is 2. The van der Waals surface area contributed by atoms with E-state index in [-0.39, 0.29) is 23.6 Å². The highest BCUT2D eigenvalue weighted by atomic mass is 35.5. The first-order chi connectivity index (χ1) is 11.3. The molecule has 3 rings (SSSR count). The van der Waals surface area contributed by atoms with Crippen molar-refractivity contribution in [1.82, 2.24) is 10.2 Å². The van der Waals surface area contributed by atoms with Crippen LogP contribution in [0.1, 0.15) is 12.0 Å². The maximum Gasteiger partial charge on any atom is 0.317 e. The molecule has 2 aliphatic heterocycles. The number of benzene rings is 1. The molecule has 0 bridgehead atoms. The Morgan fingerprint density at radius 2 is 1.96 bits per heavy atom. The number of hydrogen-bond acceptors (Lipinski definition) is 4. The predicted octanol–water partition coefficient (Wildman–Crippen LogP) is 1.67. The first kappa shape index (κ1) is 17.4. The number of nitrogens with zero attached hydrogens (tertiary/aromatic N) is 2. The van der Waals surface area contributed by atoms with Crippen LogP contribution in [-0.2, 0) is 9.84 Å². The summed E-state index contributed by atoms with van der Waals surface area (Å²) in [6.07, 6.45) is 0.510. The summed E-state index contributed by atoms with van der Waals surface area (Å²) in [5.74, 6) is 0.222. The molecule has 1 aromatic carbocycles. The van der Waals surface area contributed by atoms with Crippen molar-refractivity contribution in [3.63, 3.8) is 0 Å². The first-order valence-corrected chi connectivity index (χ1v) is 10.3. The van der Waals surface area contributed by atoms with Gasteiger partial charge in [0.2, 0.25) is 0 Å². The van der Waals surface area contributed by atoms with E-state index in [1.807, 2.05) is 25.1 Å². The van der Waals surface area contributed by atoms with Crippen molar-refractivity contribution in [2.45, 2.75) is 19.4 Å². The highest BCUT2D eigenvalue weighted by molar-refractivity contribution is 7.91. The van der Waals surface area contributed by atoms with Crippen molar-refractivity contribution in [3.8, 4) is 0 Å². The number of halogens is 1. The first-order valence-electron chi connectivity index (χ1n) is 8.11. The Morgan fingerprint density at radius 1 is 1.25 bits per heavy atom. The summed E-state index contributed by atoms with van der Waals surface area (Å²) in [5.41, 5.74) is 2.26. The van der Waals surface area contributed by atoms with Gasteiger partial charge in [-0.05, 0) is 31.0 Å². The van der Waals surface area contributed by atoms with Crippen molar-refractivity contribution < 1.29 is 13.2 Å². The normalized spacial score (nSPS) is 23.3. The molecule has 1 atom stereocenters. The monoisotopic (exact) mass is 371 g/mol. The van der Waals surface area contributed by atoms with Crippen LogP contribution in [0.25, 0.3) is 0 Å². The van der Waals surface area contributed by atoms with Crippen LogP contribution in [0.15, 0.2) is 18.2 Å². The molecular formula is C16H22ClN3O3S. The molecule has 0 aromatic heterocycles. The minimum atomic E-state index is -2.98. The van der Waals surface area contributed by atoms with E-state index in [9.17, 15) is 13.2 Å². The zero-order valence-electron chi connectivity index (χ0n) is 13.7. The smallest absolute Gasteiger partial charge is 0.317 e. The van der Waals surface area contributed by atoms with E-state index in [4.69, 9.17) is 11.6 Å². The Hall–Kier alpha value is -1.47. The predicted molar refractivity (Wildman–Crippen MR) is 95.6 cm³/mol. The lowest BCUT2D eigenvalue weighted by molar-refractivity contribution is 0.191. The van der Waals surface area contributed by atoms with Crippen LogP contribution in [0.2, 0.25) is 5.02 Å². The number of piperazine rings is 1. The van der Waals surface area contributed by atoms with Gasteiger partial charge in [-0.25, -0.2) is 13.2 Å². The minimum Gasteiger partial charge on any atom is -0.368 e. The van der Waals surface area contributed by atoms with Crippen LogP contribution in [0.3, 0.4) is 0 Å². The van der Waals surface area contributed by atoms with E-state index in [2.05, 4.69) is 10.2 Å². The number of rotatable bonds is 2. The van der Waals surface area contributed by atoms with E-state index in [1.165, 1.54) is 0 Å². The molecule has 24 heavy (non-hydrogen) atoms. The largest absolute Gasteiger partial charge is 0.368 e. The average Bonchev–Trinajstić information content (AvgIpc) is 2.88. The van der Waals surface area contributed by atoms with E-state index in [1.54, 1.807) is 4.90 Å². The summed E-state index contributed by atoms with van der Waals surface area (Å²) in [5, 5.41) is 3.55. The third kappa shape index (κ3) is 3.95. The fraction of sp³-hybridized carbons (Fsp3) is 0.562. The third-order valence-electron chi connectivity index (χ3n) is 4.64. The Kier molecular flexibility index (Phi) is 4.92. The lowest BCUT2D eigenvalue weighted by atomic mass is 10.1. The summed E-state index contributed by atoms with van der Waals surface area (Å²) in [4.78, 5) is 16.3. The topological polar surface area (TPSA) is 69.7 Å². The molecule has 1 aromatic rings. The fourth-order valence-electron chi connectivity index (χ4n) is 3.25. The molecule has 0 saturated carbocycles. The van der Waals surface area contributed by atoms with Gasteiger partial charge in [0, 0.05) is 42.9 Å². The van der Waals surface area contributed by atoms with Gasteiger partial charge in [-0.3, -0.25) is 0 Å². The second-order valence-corrected chi connectivity index (χ2v) is 9.12. The third-order valence-corrected chi connectivity index (χ3v) is 6.64. The number of carbonyl (C=O) groups is 1. The molecule has 2 heterocycles. The number of sulfone groups is 1. The maximum atomic E-state index is 12.3. The lowest BCUT2D eigenvalue weighted by Crippen LogP contribution is -2.53. The van der Waals surface area contributed by atoms with Crippen molar-refractivity contribution in [3.05, 3.63) is 28.8 Å². The van der Waals surface area contributed by atoms with Crippen LogP contribution in [0.5, 0.6) is 0 Å². The van der Waals surface area contributed by atoms with Gasteiger partial charge in [0.05, 0.1) is 11.5 Å². The quantitative estimate of drug-likeness (QED) is 0.858. The molecular weight excluding hydrogens is 350 g/mol. The Balaban J connectivity index is 1.55. The average molecular weight is 372 g/mol. The molecule has 0 radical (unpaired) electrons. The SMILES string of the molecule is Cc1ccc(Cl)cc1N1CCN(C(=O)NC2CCS(=O)(=O)C2)CC1. The highest BCUT2D eigenvalue weighted by Gasteiger charge is 2.31. The van der Waals surface area contributed by atoms with Gasteiger partial charge in [0.1, 0.15) is 0 Å². The standard InChI is InChI=1S/C16H22ClN3O3S/c1-12-2-3-13(17)10-15(12)19-5-7-20(8-6-19)16(21)18-14-4-9-24(22,23)11-14/h2-3,10,14H,4-9,11H2,1H3,(H,18,21). The molecule has 2 saturated heterocycles. The van der Waals surface area contributed by atoms with Crippen LogP contribution >= 0.6 is 11.6 Å². The lowest BCUT2D eigenvalue weighted by Gasteiger charge is -2.37. The number of aryl methyl sites for hydroxylation is 1. The second kappa shape index (κ2) is 6.80. The molecule has 6 nitrogen and oxygen atoms in total. The fourth-order valence-corrected chi connectivity index (χ4v) is 5.09. The summed E-state index contributed by atoms with van der Waals surface area (Å²) in [6.45, 7) is 4.73. The van der Waals surface area contributed by atoms with Crippen LogP contribution < -0.4 is 10.2 Å². The van der Waals surface area contributed by atoms with E-state index < -0.39 is 9.84 Å². The van der Waals surface area contributed by atoms with Crippen molar-refractivity contribution in [1.29, 1.82) is 0 Å². The molecule has 0 spiro atoms. The van der Waals surface area contributed by atoms with Gasteiger partial charge in [-0.15, -0.1) is 0 Å². The van der Waals surface area contributed by atoms with E-state index in [0.717, 1.165) is 24.3 Å². The molecule has 1 N–H and O–H groups in total. The number of nitrogens with one attached hydrogen (secondary N) is 1. The summed E-state index contributed by atoms with van der Waals surface area (Å²) in [7, 11) is -2.98. The van der Waals surface area contributed by atoms with E-state index in [0.29, 0.717) is 24.5 Å². The maximum absolute atomic E-state index is 12.3. The van der Waals surface area contributed by atoms with Crippen molar-refractivity contribution in [2.75, 3.05) is 42.6 Å². The Morgan fingerprint density at radius 3 is 2.58 bits per heavy atom. The van der Waals surface area contributed by atoms with Crippen LogP contribution in [0, 0.1) is 6.92 Å². The molecule has 2 fully saturated rings. The number of anilines is 1. The zero-order chi connectivity index (χ0) is 17.3. The molecule has 0 aliphatic carbocycles. The number of hydrogen-bond donors (Lipinski definition) is 1. The molecule has 132 valence electrons. The Bertz CT molecular complexity index is 730. The van der Waals surface area contributed by atoms with Gasteiger partial charge >= 0.3 is 6.03 Å². The summed E-state index contributed by atoms with van der Waals surface area (Å²) < 4.78 is 23.0. The molecule has 2 aliphatic rings. The zero-order valence-corrected chi connectivity index (χ0v) is 15.2. The van der Waals surface area contributed by atoms with Gasteiger partial charge in [0.25, 0.3) is 0 Å². The van der Waals surface area contributed by atoms with Crippen molar-refractivity contribution >= 4 is 33.2 Å². The van der Waals surface area contributed by atoms with Gasteiger partial charge in [0.15, 0.2) is 9.84 Å². The molecule has 1 unspecified atom stereocenters. The van der Waals surface area contributed by atoms with Crippen LogP contribution in [-0.4, -0.2) is 63.1 Å².